The van der Waals surface area contributed by atoms with E-state index >= 15 is 0 Å². The fourth-order valence-corrected chi connectivity index (χ4v) is 3.10. The molecule has 0 aliphatic rings. The highest BCUT2D eigenvalue weighted by Gasteiger charge is 2.22. The van der Waals surface area contributed by atoms with Gasteiger partial charge in [0.1, 0.15) is 0 Å². The fourth-order valence-electron chi connectivity index (χ4n) is 2.81. The van der Waals surface area contributed by atoms with Crippen LogP contribution in [0.25, 0.3) is 0 Å². The van der Waals surface area contributed by atoms with Crippen molar-refractivity contribution < 1.29 is 23.8 Å². The summed E-state index contributed by atoms with van der Waals surface area (Å²) in [5.41, 5.74) is 1.91. The molecule has 0 aromatic heterocycles. The van der Waals surface area contributed by atoms with Gasteiger partial charge in [0.25, 0.3) is 5.91 Å². The lowest BCUT2D eigenvalue weighted by Gasteiger charge is -2.18. The SMILES string of the molecule is CCC(C)c1ccccc1NC(=O)C(C)OC(=O)c1cc(Cl)c(OC)c(OC)c1. The number of hydrogen-bond donors (Lipinski definition) is 1. The van der Waals surface area contributed by atoms with Crippen LogP contribution in [0.3, 0.4) is 0 Å². The van der Waals surface area contributed by atoms with Crippen LogP contribution < -0.4 is 14.8 Å². The molecule has 2 rings (SSSR count). The highest BCUT2D eigenvalue weighted by atomic mass is 35.5. The number of hydrogen-bond acceptors (Lipinski definition) is 5. The summed E-state index contributed by atoms with van der Waals surface area (Å²) >= 11 is 6.13. The van der Waals surface area contributed by atoms with Crippen molar-refractivity contribution in [3.63, 3.8) is 0 Å². The second-order valence-corrected chi connectivity index (χ2v) is 7.03. The Hall–Kier alpha value is -2.73. The molecular formula is C22H26ClNO5. The molecule has 1 amide bonds. The zero-order valence-electron chi connectivity index (χ0n) is 17.2. The molecule has 2 unspecified atom stereocenters. The van der Waals surface area contributed by atoms with Gasteiger partial charge in [0.05, 0.1) is 24.8 Å². The van der Waals surface area contributed by atoms with Crippen LogP contribution in [0.15, 0.2) is 36.4 Å². The molecule has 0 radical (unpaired) electrons. The number of halogens is 1. The maximum Gasteiger partial charge on any atom is 0.339 e. The molecule has 7 heteroatoms. The average molecular weight is 420 g/mol. The van der Waals surface area contributed by atoms with Gasteiger partial charge in [-0.05, 0) is 43.0 Å². The highest BCUT2D eigenvalue weighted by Crippen LogP contribution is 2.36. The molecule has 6 nitrogen and oxygen atoms in total. The molecule has 0 heterocycles. The van der Waals surface area contributed by atoms with E-state index in [1.807, 2.05) is 24.3 Å². The number of para-hydroxylation sites is 1. The Labute approximate surface area is 176 Å². The van der Waals surface area contributed by atoms with Crippen molar-refractivity contribution in [1.29, 1.82) is 0 Å². The first-order valence-electron chi connectivity index (χ1n) is 9.34. The van der Waals surface area contributed by atoms with Crippen LogP contribution in [-0.2, 0) is 9.53 Å². The molecule has 156 valence electrons. The average Bonchev–Trinajstić information content (AvgIpc) is 2.72. The Morgan fingerprint density at radius 1 is 1.10 bits per heavy atom. The van der Waals surface area contributed by atoms with Crippen LogP contribution in [0, 0.1) is 0 Å². The summed E-state index contributed by atoms with van der Waals surface area (Å²) in [4.78, 5) is 25.1. The number of carbonyl (C=O) groups excluding carboxylic acids is 2. The number of rotatable bonds is 8. The van der Waals surface area contributed by atoms with Crippen LogP contribution in [0.2, 0.25) is 5.02 Å². The summed E-state index contributed by atoms with van der Waals surface area (Å²) in [6.45, 7) is 5.69. The van der Waals surface area contributed by atoms with E-state index in [2.05, 4.69) is 19.2 Å². The molecule has 0 saturated heterocycles. The molecule has 0 bridgehead atoms. The lowest BCUT2D eigenvalue weighted by Crippen LogP contribution is -2.30. The number of amides is 1. The van der Waals surface area contributed by atoms with Crippen molar-refractivity contribution in [3.05, 3.63) is 52.5 Å². The molecule has 0 fully saturated rings. The first-order valence-corrected chi connectivity index (χ1v) is 9.72. The summed E-state index contributed by atoms with van der Waals surface area (Å²) < 4.78 is 15.7. The minimum atomic E-state index is -1.00. The highest BCUT2D eigenvalue weighted by molar-refractivity contribution is 6.32. The normalized spacial score (nSPS) is 12.6. The molecule has 0 aliphatic heterocycles. The Morgan fingerprint density at radius 2 is 1.79 bits per heavy atom. The number of nitrogens with one attached hydrogen (secondary N) is 1. The maximum absolute atomic E-state index is 12.6. The summed E-state index contributed by atoms with van der Waals surface area (Å²) in [5, 5.41) is 3.05. The van der Waals surface area contributed by atoms with E-state index in [0.29, 0.717) is 23.1 Å². The largest absolute Gasteiger partial charge is 0.493 e. The van der Waals surface area contributed by atoms with Crippen LogP contribution in [0.5, 0.6) is 11.5 Å². The van der Waals surface area contributed by atoms with Crippen molar-refractivity contribution in [3.8, 4) is 11.5 Å². The standard InChI is InChI=1S/C22H26ClNO5/c1-6-13(2)16-9-7-8-10-18(16)24-21(25)14(3)29-22(26)15-11-17(23)20(28-5)19(12-15)27-4/h7-14H,6H2,1-5H3,(H,24,25). The van der Waals surface area contributed by atoms with Gasteiger partial charge < -0.3 is 19.5 Å². The first-order chi connectivity index (χ1) is 13.8. The van der Waals surface area contributed by atoms with Crippen LogP contribution in [0.1, 0.15) is 49.0 Å². The van der Waals surface area contributed by atoms with Crippen molar-refractivity contribution in [2.75, 3.05) is 19.5 Å². The smallest absolute Gasteiger partial charge is 0.339 e. The van der Waals surface area contributed by atoms with E-state index < -0.39 is 18.0 Å². The van der Waals surface area contributed by atoms with E-state index in [1.165, 1.54) is 33.3 Å². The van der Waals surface area contributed by atoms with Crippen molar-refractivity contribution in [1.82, 2.24) is 0 Å². The van der Waals surface area contributed by atoms with Crippen LogP contribution in [-0.4, -0.2) is 32.2 Å². The van der Waals surface area contributed by atoms with Crippen LogP contribution >= 0.6 is 11.6 Å². The lowest BCUT2D eigenvalue weighted by molar-refractivity contribution is -0.123. The third kappa shape index (κ3) is 5.41. The predicted octanol–water partition coefficient (Wildman–Crippen LogP) is 5.05. The van der Waals surface area contributed by atoms with Gasteiger partial charge in [-0.15, -0.1) is 0 Å². The monoisotopic (exact) mass is 419 g/mol. The van der Waals surface area contributed by atoms with Gasteiger partial charge in [-0.25, -0.2) is 4.79 Å². The zero-order valence-corrected chi connectivity index (χ0v) is 18.0. The Kier molecular flexibility index (Phi) is 7.91. The van der Waals surface area contributed by atoms with Crippen molar-refractivity contribution in [2.24, 2.45) is 0 Å². The second-order valence-electron chi connectivity index (χ2n) is 6.63. The molecule has 0 aliphatic carbocycles. The van der Waals surface area contributed by atoms with E-state index in [1.54, 1.807) is 0 Å². The summed E-state index contributed by atoms with van der Waals surface area (Å²) in [7, 11) is 2.89. The number of esters is 1. The van der Waals surface area contributed by atoms with Gasteiger partial charge >= 0.3 is 5.97 Å². The van der Waals surface area contributed by atoms with Gasteiger partial charge in [0, 0.05) is 5.69 Å². The van der Waals surface area contributed by atoms with E-state index in [4.69, 9.17) is 25.8 Å². The van der Waals surface area contributed by atoms with Gasteiger partial charge in [0.15, 0.2) is 17.6 Å². The number of methoxy groups -OCH3 is 2. The Balaban J connectivity index is 2.13. The molecule has 2 aromatic rings. The number of carbonyl (C=O) groups is 2. The molecule has 2 atom stereocenters. The predicted molar refractivity (Wildman–Crippen MR) is 113 cm³/mol. The van der Waals surface area contributed by atoms with Crippen molar-refractivity contribution in [2.45, 2.75) is 39.2 Å². The summed E-state index contributed by atoms with van der Waals surface area (Å²) in [6.07, 6.45) is -0.0586. The fraction of sp³-hybridized carbons (Fsp3) is 0.364. The molecule has 1 N–H and O–H groups in total. The zero-order chi connectivity index (χ0) is 21.6. The molecule has 0 spiro atoms. The van der Waals surface area contributed by atoms with Gasteiger partial charge in [-0.1, -0.05) is 43.6 Å². The first kappa shape index (κ1) is 22.6. The van der Waals surface area contributed by atoms with Crippen molar-refractivity contribution >= 4 is 29.2 Å². The number of ether oxygens (including phenoxy) is 3. The summed E-state index contributed by atoms with van der Waals surface area (Å²) in [6, 6.07) is 10.5. The molecule has 0 saturated carbocycles. The third-order valence-electron chi connectivity index (χ3n) is 4.68. The van der Waals surface area contributed by atoms with Gasteiger partial charge in [0.2, 0.25) is 0 Å². The lowest BCUT2D eigenvalue weighted by atomic mass is 9.97. The van der Waals surface area contributed by atoms with Gasteiger partial charge in [-0.3, -0.25) is 4.79 Å². The second kappa shape index (κ2) is 10.2. The minimum absolute atomic E-state index is 0.160. The third-order valence-corrected chi connectivity index (χ3v) is 4.97. The molecule has 2 aromatic carbocycles. The van der Waals surface area contributed by atoms with E-state index in [-0.39, 0.29) is 10.6 Å². The topological polar surface area (TPSA) is 73.9 Å². The summed E-state index contributed by atoms with van der Waals surface area (Å²) in [5.74, 6) is -0.200. The van der Waals surface area contributed by atoms with Crippen LogP contribution in [0.4, 0.5) is 5.69 Å². The number of anilines is 1. The van der Waals surface area contributed by atoms with Gasteiger partial charge in [-0.2, -0.15) is 0 Å². The molecule has 29 heavy (non-hydrogen) atoms. The number of benzene rings is 2. The quantitative estimate of drug-likeness (QED) is 0.605. The Morgan fingerprint density at radius 3 is 2.41 bits per heavy atom. The Bertz CT molecular complexity index is 884. The van der Waals surface area contributed by atoms with E-state index in [9.17, 15) is 9.59 Å². The maximum atomic E-state index is 12.6. The minimum Gasteiger partial charge on any atom is -0.493 e. The van der Waals surface area contributed by atoms with E-state index in [0.717, 1.165) is 12.0 Å². The molecular weight excluding hydrogens is 394 g/mol.